The summed E-state index contributed by atoms with van der Waals surface area (Å²) in [5.74, 6) is -0.0970. The summed E-state index contributed by atoms with van der Waals surface area (Å²) in [6.07, 6.45) is 40.4. The maximum Gasteiger partial charge on any atom is 0.220 e. The summed E-state index contributed by atoms with van der Waals surface area (Å²) in [6.45, 7) is 4.15. The number of carbonyl (C=O) groups is 1. The van der Waals surface area contributed by atoms with E-state index in [0.717, 1.165) is 57.8 Å². The van der Waals surface area contributed by atoms with Gasteiger partial charge in [-0.05, 0) is 51.4 Å². The molecule has 0 aliphatic carbocycles. The van der Waals surface area contributed by atoms with Gasteiger partial charge in [-0.2, -0.15) is 0 Å². The third-order valence-electron chi connectivity index (χ3n) is 7.07. The molecule has 0 heterocycles. The van der Waals surface area contributed by atoms with Crippen LogP contribution in [-0.2, 0) is 4.79 Å². The largest absolute Gasteiger partial charge is 0.394 e. The zero-order valence-electron chi connectivity index (χ0n) is 25.6. The maximum absolute atomic E-state index is 12.2. The minimum absolute atomic E-state index is 0.0970. The standard InChI is InChI=1S/C35H63NO3/c1-3-5-7-9-11-13-15-17-19-20-22-24-26-28-30-34(38)33(32-37)36-35(39)31-29-27-25-23-21-18-16-14-12-10-8-6-4-2/h6,8,12,14,18,21,28,30,33-34,37-38H,3-5,7,9-11,13,15-17,19-20,22-27,29,31-32H2,1-2H3,(H,36,39)/b8-6-,14-12-,21-18-,30-28+. The van der Waals surface area contributed by atoms with Gasteiger partial charge in [0.15, 0.2) is 0 Å². The van der Waals surface area contributed by atoms with Crippen LogP contribution in [0.1, 0.15) is 149 Å². The first-order valence-corrected chi connectivity index (χ1v) is 16.4. The zero-order valence-corrected chi connectivity index (χ0v) is 25.6. The normalized spacial score (nSPS) is 13.8. The van der Waals surface area contributed by atoms with E-state index in [1.165, 1.54) is 70.6 Å². The molecule has 0 radical (unpaired) electrons. The highest BCUT2D eigenvalue weighted by Crippen LogP contribution is 2.13. The van der Waals surface area contributed by atoms with E-state index in [2.05, 4.69) is 55.6 Å². The Balaban J connectivity index is 3.74. The van der Waals surface area contributed by atoms with Gasteiger partial charge in [0.25, 0.3) is 0 Å². The summed E-state index contributed by atoms with van der Waals surface area (Å²) in [6, 6.07) is -0.635. The fourth-order valence-corrected chi connectivity index (χ4v) is 4.54. The van der Waals surface area contributed by atoms with Crippen molar-refractivity contribution in [3.63, 3.8) is 0 Å². The maximum atomic E-state index is 12.2. The lowest BCUT2D eigenvalue weighted by molar-refractivity contribution is -0.123. The van der Waals surface area contributed by atoms with Crippen LogP contribution in [0.3, 0.4) is 0 Å². The van der Waals surface area contributed by atoms with Crippen LogP contribution in [0.4, 0.5) is 0 Å². The number of nitrogens with one attached hydrogen (secondary N) is 1. The highest BCUT2D eigenvalue weighted by molar-refractivity contribution is 5.76. The number of aliphatic hydroxyl groups is 2. The summed E-state index contributed by atoms with van der Waals surface area (Å²) in [4.78, 5) is 12.2. The van der Waals surface area contributed by atoms with Gasteiger partial charge in [-0.3, -0.25) is 4.79 Å². The minimum atomic E-state index is -0.849. The molecule has 0 rings (SSSR count). The van der Waals surface area contributed by atoms with Gasteiger partial charge in [0.1, 0.15) is 0 Å². The smallest absolute Gasteiger partial charge is 0.220 e. The molecule has 0 aromatic heterocycles. The molecule has 0 aliphatic rings. The van der Waals surface area contributed by atoms with Gasteiger partial charge in [0.2, 0.25) is 5.91 Å². The van der Waals surface area contributed by atoms with Gasteiger partial charge < -0.3 is 15.5 Å². The molecule has 0 fully saturated rings. The van der Waals surface area contributed by atoms with E-state index in [-0.39, 0.29) is 12.5 Å². The van der Waals surface area contributed by atoms with Crippen LogP contribution >= 0.6 is 0 Å². The third-order valence-corrected chi connectivity index (χ3v) is 7.07. The molecule has 0 bridgehead atoms. The van der Waals surface area contributed by atoms with Crippen molar-refractivity contribution in [2.75, 3.05) is 6.61 Å². The molecule has 2 atom stereocenters. The Bertz CT molecular complexity index is 638. The second-order valence-corrected chi connectivity index (χ2v) is 10.8. The monoisotopic (exact) mass is 545 g/mol. The van der Waals surface area contributed by atoms with Gasteiger partial charge in [-0.25, -0.2) is 0 Å². The van der Waals surface area contributed by atoms with Crippen LogP contribution in [0.5, 0.6) is 0 Å². The lowest BCUT2D eigenvalue weighted by atomic mass is 10.0. The number of hydrogen-bond donors (Lipinski definition) is 3. The van der Waals surface area contributed by atoms with E-state index in [4.69, 9.17) is 0 Å². The number of carbonyl (C=O) groups excluding carboxylic acids is 1. The average molecular weight is 546 g/mol. The highest BCUT2D eigenvalue weighted by Gasteiger charge is 2.17. The van der Waals surface area contributed by atoms with Gasteiger partial charge in [0.05, 0.1) is 18.8 Å². The van der Waals surface area contributed by atoms with E-state index in [0.29, 0.717) is 6.42 Å². The van der Waals surface area contributed by atoms with Crippen LogP contribution in [0.15, 0.2) is 48.6 Å². The van der Waals surface area contributed by atoms with Crippen molar-refractivity contribution >= 4 is 5.91 Å². The van der Waals surface area contributed by atoms with Crippen LogP contribution in [0.25, 0.3) is 0 Å². The Morgan fingerprint density at radius 2 is 1.13 bits per heavy atom. The van der Waals surface area contributed by atoms with Crippen molar-refractivity contribution in [2.45, 2.75) is 161 Å². The summed E-state index contributed by atoms with van der Waals surface area (Å²) < 4.78 is 0. The van der Waals surface area contributed by atoms with Gasteiger partial charge in [0, 0.05) is 6.42 Å². The number of aliphatic hydroxyl groups excluding tert-OH is 2. The number of rotatable bonds is 28. The average Bonchev–Trinajstić information content (AvgIpc) is 2.94. The predicted molar refractivity (Wildman–Crippen MR) is 170 cm³/mol. The highest BCUT2D eigenvalue weighted by atomic mass is 16.3. The van der Waals surface area contributed by atoms with Crippen molar-refractivity contribution < 1.29 is 15.0 Å². The fraction of sp³-hybridized carbons (Fsp3) is 0.743. The molecule has 0 aromatic rings. The van der Waals surface area contributed by atoms with Crippen molar-refractivity contribution in [1.29, 1.82) is 0 Å². The Kier molecular flexibility index (Phi) is 29.6. The Labute approximate surface area is 242 Å². The topological polar surface area (TPSA) is 69.6 Å². The summed E-state index contributed by atoms with van der Waals surface area (Å²) in [7, 11) is 0. The van der Waals surface area contributed by atoms with E-state index < -0.39 is 12.1 Å². The van der Waals surface area contributed by atoms with Crippen molar-refractivity contribution in [3.8, 4) is 0 Å². The predicted octanol–water partition coefficient (Wildman–Crippen LogP) is 9.28. The van der Waals surface area contributed by atoms with E-state index >= 15 is 0 Å². The van der Waals surface area contributed by atoms with E-state index in [1.54, 1.807) is 6.08 Å². The lowest BCUT2D eigenvalue weighted by Crippen LogP contribution is -2.45. The molecule has 0 aliphatic heterocycles. The summed E-state index contributed by atoms with van der Waals surface area (Å²) in [5, 5.41) is 22.8. The molecule has 0 saturated heterocycles. The summed E-state index contributed by atoms with van der Waals surface area (Å²) >= 11 is 0. The molecule has 2 unspecified atom stereocenters. The number of allylic oxidation sites excluding steroid dienone is 7. The van der Waals surface area contributed by atoms with Crippen LogP contribution in [0.2, 0.25) is 0 Å². The van der Waals surface area contributed by atoms with E-state index in [1.807, 2.05) is 6.08 Å². The van der Waals surface area contributed by atoms with Crippen molar-refractivity contribution in [1.82, 2.24) is 5.32 Å². The second-order valence-electron chi connectivity index (χ2n) is 10.8. The Morgan fingerprint density at radius 1 is 0.641 bits per heavy atom. The Morgan fingerprint density at radius 3 is 1.69 bits per heavy atom. The van der Waals surface area contributed by atoms with Crippen molar-refractivity contribution in [2.24, 2.45) is 0 Å². The van der Waals surface area contributed by atoms with Crippen LogP contribution in [-0.4, -0.2) is 34.9 Å². The molecule has 3 N–H and O–H groups in total. The first kappa shape index (κ1) is 37.4. The summed E-state index contributed by atoms with van der Waals surface area (Å²) in [5.41, 5.74) is 0. The van der Waals surface area contributed by atoms with Crippen LogP contribution < -0.4 is 5.32 Å². The zero-order chi connectivity index (χ0) is 28.7. The molecule has 1 amide bonds. The molecular weight excluding hydrogens is 482 g/mol. The van der Waals surface area contributed by atoms with E-state index in [9.17, 15) is 15.0 Å². The third kappa shape index (κ3) is 27.7. The lowest BCUT2D eigenvalue weighted by Gasteiger charge is -2.19. The van der Waals surface area contributed by atoms with Gasteiger partial charge >= 0.3 is 0 Å². The number of unbranched alkanes of at least 4 members (excludes halogenated alkanes) is 15. The van der Waals surface area contributed by atoms with Crippen LogP contribution in [0, 0.1) is 0 Å². The van der Waals surface area contributed by atoms with Gasteiger partial charge in [-0.1, -0.05) is 140 Å². The number of hydrogen-bond acceptors (Lipinski definition) is 3. The first-order valence-electron chi connectivity index (χ1n) is 16.4. The molecule has 4 nitrogen and oxygen atoms in total. The Hall–Kier alpha value is -1.65. The molecule has 0 spiro atoms. The fourth-order valence-electron chi connectivity index (χ4n) is 4.54. The molecular formula is C35H63NO3. The van der Waals surface area contributed by atoms with Crippen molar-refractivity contribution in [3.05, 3.63) is 48.6 Å². The van der Waals surface area contributed by atoms with Gasteiger partial charge in [-0.15, -0.1) is 0 Å². The molecule has 0 aromatic carbocycles. The first-order chi connectivity index (χ1) is 19.2. The molecule has 39 heavy (non-hydrogen) atoms. The molecule has 0 saturated carbocycles. The molecule has 4 heteroatoms. The molecule has 226 valence electrons. The quantitative estimate of drug-likeness (QED) is 0.0677. The number of amides is 1. The second kappa shape index (κ2) is 30.9. The SMILES string of the molecule is CC/C=C\C/C=C\C/C=C\CCCCCC(=O)NC(CO)C(O)/C=C/CCCCCCCCCCCCCC. The minimum Gasteiger partial charge on any atom is -0.394 e.